The van der Waals surface area contributed by atoms with E-state index in [1.54, 1.807) is 0 Å². The molecule has 0 saturated carbocycles. The van der Waals surface area contributed by atoms with Crippen LogP contribution in [-0.2, 0) is 47.4 Å². The van der Waals surface area contributed by atoms with Crippen molar-refractivity contribution in [2.45, 2.75) is 71.1 Å². The van der Waals surface area contributed by atoms with Crippen LogP contribution < -0.4 is 0 Å². The summed E-state index contributed by atoms with van der Waals surface area (Å²) in [6.07, 6.45) is 1.18. The molecule has 1 aliphatic carbocycles. The van der Waals surface area contributed by atoms with Crippen LogP contribution in [0.3, 0.4) is 0 Å². The Bertz CT molecular complexity index is 1790. The minimum Gasteiger partial charge on any atom is -0.273 e. The monoisotopic (exact) mass is 806 g/mol. The molecule has 0 bridgehead atoms. The summed E-state index contributed by atoms with van der Waals surface area (Å²) in [4.78, 5) is 0. The van der Waals surface area contributed by atoms with Crippen LogP contribution in [-0.4, -0.2) is 3.21 Å². The first-order valence-electron chi connectivity index (χ1n) is 15.5. The Morgan fingerprint density at radius 1 is 0.580 bits per heavy atom. The molecule has 0 nitrogen and oxygen atoms in total. The molecule has 1 aliphatic rings. The van der Waals surface area contributed by atoms with Crippen molar-refractivity contribution in [1.29, 1.82) is 0 Å². The number of alkyl halides is 6. The summed E-state index contributed by atoms with van der Waals surface area (Å²) in [5.74, 6) is 0. The first-order chi connectivity index (χ1) is 22.2. The van der Waals surface area contributed by atoms with Gasteiger partial charge in [-0.25, -0.2) is 12.2 Å². The molecule has 0 unspecified atom stereocenters. The van der Waals surface area contributed by atoms with Crippen molar-refractivity contribution in [2.75, 3.05) is 0 Å². The van der Waals surface area contributed by atoms with E-state index >= 15 is 0 Å². The Morgan fingerprint density at radius 2 is 0.940 bits per heavy atom. The zero-order chi connectivity index (χ0) is 35.5. The Kier molecular flexibility index (Phi) is 14.8. The fourth-order valence-electron chi connectivity index (χ4n) is 5.11. The molecule has 9 heteroatoms. The quantitative estimate of drug-likeness (QED) is 0.123. The second kappa shape index (κ2) is 17.1. The summed E-state index contributed by atoms with van der Waals surface area (Å²) >= 11 is 0.898. The zero-order valence-electron chi connectivity index (χ0n) is 28.7. The third kappa shape index (κ3) is 11.3. The van der Waals surface area contributed by atoms with Crippen LogP contribution in [0.5, 0.6) is 0 Å². The predicted octanol–water partition coefficient (Wildman–Crippen LogP) is 13.3. The summed E-state index contributed by atoms with van der Waals surface area (Å²) in [6.45, 7) is 13.6. The molecule has 0 aliphatic heterocycles. The van der Waals surface area contributed by atoms with E-state index in [1.165, 1.54) is 56.9 Å². The van der Waals surface area contributed by atoms with Gasteiger partial charge in [-0.2, -0.15) is 6.08 Å². The van der Waals surface area contributed by atoms with Gasteiger partial charge in [-0.15, -0.1) is 71.0 Å². The summed E-state index contributed by atoms with van der Waals surface area (Å²) in [5, 5.41) is 5.48. The number of hydrogen-bond acceptors (Lipinski definition) is 0. The molecule has 0 aromatic heterocycles. The molecule has 264 valence electrons. The van der Waals surface area contributed by atoms with Gasteiger partial charge >= 0.3 is 137 Å². The minimum atomic E-state index is -4.41. The maximum absolute atomic E-state index is 12.5. The van der Waals surface area contributed by atoms with Gasteiger partial charge in [-0.3, -0.25) is 6.08 Å². The van der Waals surface area contributed by atoms with Crippen molar-refractivity contribution in [3.8, 4) is 0 Å². The van der Waals surface area contributed by atoms with Crippen LogP contribution in [0, 0.1) is 6.08 Å². The summed E-state index contributed by atoms with van der Waals surface area (Å²) < 4.78 is 75.6. The van der Waals surface area contributed by atoms with Gasteiger partial charge in [-0.1, -0.05) is 76.9 Å². The molecule has 0 saturated heterocycles. The third-order valence-electron chi connectivity index (χ3n) is 8.02. The van der Waals surface area contributed by atoms with Crippen molar-refractivity contribution < 1.29 is 50.6 Å². The molecular weight excluding hydrogens is 769 g/mol. The summed E-state index contributed by atoms with van der Waals surface area (Å²) in [7, 11) is 0. The molecule has 5 aromatic rings. The van der Waals surface area contributed by atoms with Gasteiger partial charge in [-0.05, 0) is 10.8 Å². The van der Waals surface area contributed by atoms with Crippen LogP contribution in [0.25, 0.3) is 21.5 Å². The molecule has 0 fully saturated rings. The van der Waals surface area contributed by atoms with Crippen LogP contribution in [0.2, 0.25) is 0 Å². The number of allylic oxidation sites excluding steroid dienone is 4. The van der Waals surface area contributed by atoms with Gasteiger partial charge in [0.15, 0.2) is 0 Å². The van der Waals surface area contributed by atoms with Crippen LogP contribution in [0.1, 0.15) is 81.3 Å². The van der Waals surface area contributed by atoms with E-state index in [9.17, 15) is 26.3 Å². The van der Waals surface area contributed by atoms with E-state index in [1.807, 2.05) is 12.2 Å². The molecule has 6 rings (SSSR count). The topological polar surface area (TPSA) is 0 Å². The average molecular weight is 809 g/mol. The molecule has 0 radical (unpaired) electrons. The zero-order valence-corrected chi connectivity index (χ0v) is 32.8. The van der Waals surface area contributed by atoms with Gasteiger partial charge in [0.25, 0.3) is 0 Å². The maximum atomic E-state index is 12.5. The molecule has 0 spiro atoms. The number of rotatable bonds is 2. The van der Waals surface area contributed by atoms with Gasteiger partial charge in [0.05, 0.1) is 0 Å². The minimum absolute atomic E-state index is 0. The SMILES string of the molecule is CC(C)(C)c1ccc2c(c1)[cH-]c1cc(C(C)(C)C)ccc12.Cl.Cl.FC(F)(F)c1ccc([C](=[Zr+2])c2ccc(C(F)(F)F)cc2)cc1.[C-]1=CC=CC1. The molecule has 0 atom stereocenters. The first kappa shape index (κ1) is 43.3. The second-order valence-corrected chi connectivity index (χ2v) is 15.0. The molecular formula is C41H40Cl2F6Zr. The summed E-state index contributed by atoms with van der Waals surface area (Å²) in [5.41, 5.74) is 2.82. The standard InChI is InChI=1S/C21H25.C15H8F6.C5H5.2ClH.Zr/c1-20(2,3)16-7-9-18-14(12-16)11-15-13-17(21(4,5)6)8-10-19(15)18;16-14(17,18)12-5-1-10(2-6-12)9-11-3-7-13(8-4-11)15(19,20)21;1-2-4-5-3-1;;;/h7-13H,1-6H3;1-8H;1-3H,4H2;2*1H;/q-1;;-1;;;+2. The number of halogens is 8. The van der Waals surface area contributed by atoms with E-state index in [-0.39, 0.29) is 35.6 Å². The number of fused-ring (bicyclic) bond motifs is 3. The van der Waals surface area contributed by atoms with Crippen LogP contribution in [0.4, 0.5) is 26.3 Å². The Hall–Kier alpha value is -2.86. The Balaban J connectivity index is 0.000000293. The average Bonchev–Trinajstić information content (AvgIpc) is 3.71. The Labute approximate surface area is 318 Å². The van der Waals surface area contributed by atoms with Crippen molar-refractivity contribution in [3.05, 3.63) is 149 Å². The number of benzene rings is 4. The largest absolute Gasteiger partial charge is 0.273 e. The first-order valence-corrected chi connectivity index (χ1v) is 16.8. The van der Waals surface area contributed by atoms with E-state index < -0.39 is 23.5 Å². The van der Waals surface area contributed by atoms with Gasteiger partial charge in [0.2, 0.25) is 0 Å². The third-order valence-corrected chi connectivity index (χ3v) is 9.44. The van der Waals surface area contributed by atoms with Crippen molar-refractivity contribution >= 4 is 49.6 Å². The Morgan fingerprint density at radius 3 is 1.20 bits per heavy atom. The van der Waals surface area contributed by atoms with E-state index in [4.69, 9.17) is 0 Å². The van der Waals surface area contributed by atoms with Gasteiger partial charge in [0, 0.05) is 0 Å². The van der Waals surface area contributed by atoms with Crippen molar-refractivity contribution in [3.63, 3.8) is 0 Å². The molecule has 0 amide bonds. The molecule has 0 heterocycles. The smallest absolute Gasteiger partial charge is 0.109 e. The predicted molar refractivity (Wildman–Crippen MR) is 197 cm³/mol. The van der Waals surface area contributed by atoms with Gasteiger partial charge in [0.1, 0.15) is 0 Å². The fourth-order valence-corrected chi connectivity index (χ4v) is 5.93. The van der Waals surface area contributed by atoms with E-state index in [0.717, 1.165) is 54.9 Å². The fraction of sp³-hybridized carbons (Fsp3) is 0.268. The summed E-state index contributed by atoms with van der Waals surface area (Å²) in [6, 6.07) is 25.3. The second-order valence-electron chi connectivity index (χ2n) is 13.8. The van der Waals surface area contributed by atoms with Gasteiger partial charge < -0.3 is 0 Å². The van der Waals surface area contributed by atoms with Crippen LogP contribution in [0.15, 0.2) is 109 Å². The molecule has 5 aromatic carbocycles. The van der Waals surface area contributed by atoms with E-state index in [2.05, 4.69) is 96.2 Å². The maximum Gasteiger partial charge on any atom is -0.109 e. The normalized spacial score (nSPS) is 12.8. The molecule has 50 heavy (non-hydrogen) atoms. The molecule has 0 N–H and O–H groups in total. The van der Waals surface area contributed by atoms with Crippen molar-refractivity contribution in [1.82, 2.24) is 0 Å². The number of hydrogen-bond donors (Lipinski definition) is 0. The van der Waals surface area contributed by atoms with Crippen molar-refractivity contribution in [2.24, 2.45) is 0 Å². The van der Waals surface area contributed by atoms with E-state index in [0.29, 0.717) is 14.3 Å². The van der Waals surface area contributed by atoms with Crippen LogP contribution >= 0.6 is 24.8 Å².